The van der Waals surface area contributed by atoms with Gasteiger partial charge in [0.05, 0.1) is 4.90 Å². The van der Waals surface area contributed by atoms with Crippen molar-refractivity contribution in [3.8, 4) is 0 Å². The third kappa shape index (κ3) is 3.83. The Kier molecular flexibility index (Phi) is 4.34. The van der Waals surface area contributed by atoms with Crippen LogP contribution in [0.5, 0.6) is 0 Å². The fraction of sp³-hybridized carbons (Fsp3) is 0.250. The summed E-state index contributed by atoms with van der Waals surface area (Å²) in [6.07, 6.45) is 0. The average Bonchev–Trinajstić information content (AvgIpc) is 2.37. The Labute approximate surface area is 125 Å². The number of rotatable bonds is 4. The van der Waals surface area contributed by atoms with Crippen molar-refractivity contribution in [1.29, 1.82) is 0 Å². The van der Waals surface area contributed by atoms with E-state index in [1.807, 2.05) is 0 Å². The second kappa shape index (κ2) is 5.87. The Bertz CT molecular complexity index is 727. The van der Waals surface area contributed by atoms with E-state index in [1.54, 1.807) is 12.1 Å². The van der Waals surface area contributed by atoms with Crippen LogP contribution in [0, 0.1) is 20.8 Å². The molecule has 0 saturated carbocycles. The molecule has 0 atom stereocenters. The first-order valence-corrected chi connectivity index (χ1v) is 8.09. The molecular weight excluding hydrogens is 286 g/mol. The Morgan fingerprint density at radius 2 is 1.52 bits per heavy atom. The van der Waals surface area contributed by atoms with Crippen LogP contribution in [0.1, 0.15) is 22.3 Å². The highest BCUT2D eigenvalue weighted by Gasteiger charge is 2.09. The standard InChI is InChI=1S/C16H19NO3S/c1-11-8-12(2)16(13(3)9-11)10-17-14-4-6-15(7-5-14)21(18,19)20/h4-9,17H,10H2,1-3H3,(H,18,19,20). The topological polar surface area (TPSA) is 66.4 Å². The SMILES string of the molecule is Cc1cc(C)c(CNc2ccc(S(=O)(=O)O)cc2)c(C)c1. The molecule has 0 aliphatic carbocycles. The number of nitrogens with one attached hydrogen (secondary N) is 1. The van der Waals surface area contributed by atoms with Crippen LogP contribution in [0.3, 0.4) is 0 Å². The van der Waals surface area contributed by atoms with Crippen LogP contribution in [0.15, 0.2) is 41.3 Å². The van der Waals surface area contributed by atoms with Crippen LogP contribution in [0.2, 0.25) is 0 Å². The highest BCUT2D eigenvalue weighted by molar-refractivity contribution is 7.85. The Morgan fingerprint density at radius 1 is 1.00 bits per heavy atom. The van der Waals surface area contributed by atoms with Gasteiger partial charge in [0.15, 0.2) is 0 Å². The highest BCUT2D eigenvalue weighted by atomic mass is 32.2. The molecular formula is C16H19NO3S. The third-order valence-electron chi connectivity index (χ3n) is 3.46. The van der Waals surface area contributed by atoms with Gasteiger partial charge in [-0.05, 0) is 61.7 Å². The molecule has 0 saturated heterocycles. The molecule has 0 unspecified atom stereocenters. The summed E-state index contributed by atoms with van der Waals surface area (Å²) in [7, 11) is -4.13. The molecule has 0 bridgehead atoms. The first-order chi connectivity index (χ1) is 9.77. The second-order valence-electron chi connectivity index (χ2n) is 5.23. The smallest absolute Gasteiger partial charge is 0.294 e. The van der Waals surface area contributed by atoms with Gasteiger partial charge in [0, 0.05) is 12.2 Å². The fourth-order valence-corrected chi connectivity index (χ4v) is 2.90. The average molecular weight is 305 g/mol. The number of anilines is 1. The molecule has 4 nitrogen and oxygen atoms in total. The van der Waals surface area contributed by atoms with Crippen LogP contribution in [-0.4, -0.2) is 13.0 Å². The Hall–Kier alpha value is -1.85. The summed E-state index contributed by atoms with van der Waals surface area (Å²) in [6, 6.07) is 10.3. The van der Waals surface area contributed by atoms with Gasteiger partial charge in [-0.3, -0.25) is 4.55 Å². The van der Waals surface area contributed by atoms with E-state index in [4.69, 9.17) is 4.55 Å². The molecule has 21 heavy (non-hydrogen) atoms. The lowest BCUT2D eigenvalue weighted by molar-refractivity contribution is 0.483. The zero-order chi connectivity index (χ0) is 15.6. The maximum absolute atomic E-state index is 11.0. The van der Waals surface area contributed by atoms with Gasteiger partial charge >= 0.3 is 0 Å². The van der Waals surface area contributed by atoms with Crippen LogP contribution in [-0.2, 0) is 16.7 Å². The van der Waals surface area contributed by atoms with E-state index in [-0.39, 0.29) is 4.90 Å². The van der Waals surface area contributed by atoms with Crippen LogP contribution in [0.25, 0.3) is 0 Å². The van der Waals surface area contributed by atoms with Gasteiger partial charge in [-0.2, -0.15) is 8.42 Å². The summed E-state index contributed by atoms with van der Waals surface area (Å²) in [5, 5.41) is 3.26. The maximum Gasteiger partial charge on any atom is 0.294 e. The van der Waals surface area contributed by atoms with Gasteiger partial charge in [0.1, 0.15) is 0 Å². The zero-order valence-electron chi connectivity index (χ0n) is 12.3. The molecule has 5 heteroatoms. The third-order valence-corrected chi connectivity index (χ3v) is 4.33. The van der Waals surface area contributed by atoms with Crippen molar-refractivity contribution >= 4 is 15.8 Å². The molecule has 0 aliphatic heterocycles. The highest BCUT2D eigenvalue weighted by Crippen LogP contribution is 2.19. The predicted molar refractivity (Wildman–Crippen MR) is 84.2 cm³/mol. The van der Waals surface area contributed by atoms with Crippen molar-refractivity contribution in [2.75, 3.05) is 5.32 Å². The molecule has 2 rings (SSSR count). The largest absolute Gasteiger partial charge is 0.381 e. The van der Waals surface area contributed by atoms with E-state index in [0.29, 0.717) is 6.54 Å². The fourth-order valence-electron chi connectivity index (χ4n) is 2.42. The molecule has 0 radical (unpaired) electrons. The minimum atomic E-state index is -4.13. The number of hydrogen-bond acceptors (Lipinski definition) is 3. The minimum absolute atomic E-state index is 0.101. The first-order valence-electron chi connectivity index (χ1n) is 6.65. The molecule has 0 aromatic heterocycles. The molecule has 0 heterocycles. The quantitative estimate of drug-likeness (QED) is 0.849. The van der Waals surface area contributed by atoms with Crippen LogP contribution in [0.4, 0.5) is 5.69 Å². The van der Waals surface area contributed by atoms with Crippen molar-refractivity contribution in [2.45, 2.75) is 32.2 Å². The summed E-state index contributed by atoms with van der Waals surface area (Å²) < 4.78 is 30.9. The summed E-state index contributed by atoms with van der Waals surface area (Å²) in [6.45, 7) is 6.91. The molecule has 0 fully saturated rings. The van der Waals surface area contributed by atoms with Crippen molar-refractivity contribution < 1.29 is 13.0 Å². The van der Waals surface area contributed by atoms with E-state index in [2.05, 4.69) is 38.2 Å². The normalized spacial score (nSPS) is 11.4. The maximum atomic E-state index is 11.0. The van der Waals surface area contributed by atoms with Crippen molar-refractivity contribution in [2.24, 2.45) is 0 Å². The van der Waals surface area contributed by atoms with Gasteiger partial charge in [-0.25, -0.2) is 0 Å². The van der Waals surface area contributed by atoms with Crippen molar-refractivity contribution in [1.82, 2.24) is 0 Å². The monoisotopic (exact) mass is 305 g/mol. The van der Waals surface area contributed by atoms with Crippen molar-refractivity contribution in [3.05, 3.63) is 58.7 Å². The molecule has 0 amide bonds. The van der Waals surface area contributed by atoms with E-state index in [9.17, 15) is 8.42 Å². The second-order valence-corrected chi connectivity index (χ2v) is 6.65. The minimum Gasteiger partial charge on any atom is -0.381 e. The molecule has 2 aromatic rings. The van der Waals surface area contributed by atoms with E-state index >= 15 is 0 Å². The van der Waals surface area contributed by atoms with Crippen LogP contribution < -0.4 is 5.32 Å². The molecule has 112 valence electrons. The Morgan fingerprint density at radius 3 is 2.00 bits per heavy atom. The molecule has 2 aromatic carbocycles. The number of aryl methyl sites for hydroxylation is 3. The lowest BCUT2D eigenvalue weighted by Gasteiger charge is -2.13. The van der Waals surface area contributed by atoms with Gasteiger partial charge in [0.25, 0.3) is 10.1 Å². The van der Waals surface area contributed by atoms with E-state index < -0.39 is 10.1 Å². The van der Waals surface area contributed by atoms with Crippen molar-refractivity contribution in [3.63, 3.8) is 0 Å². The van der Waals surface area contributed by atoms with E-state index in [0.717, 1.165) is 5.69 Å². The lowest BCUT2D eigenvalue weighted by atomic mass is 10.00. The Balaban J connectivity index is 2.14. The van der Waals surface area contributed by atoms with Gasteiger partial charge < -0.3 is 5.32 Å². The van der Waals surface area contributed by atoms with Gasteiger partial charge in [-0.1, -0.05) is 17.7 Å². The summed E-state index contributed by atoms with van der Waals surface area (Å²) >= 11 is 0. The zero-order valence-corrected chi connectivity index (χ0v) is 13.2. The van der Waals surface area contributed by atoms with Gasteiger partial charge in [0.2, 0.25) is 0 Å². The molecule has 0 spiro atoms. The molecule has 2 N–H and O–H groups in total. The summed E-state index contributed by atoms with van der Waals surface area (Å²) in [5.74, 6) is 0. The lowest BCUT2D eigenvalue weighted by Crippen LogP contribution is -2.04. The van der Waals surface area contributed by atoms with Gasteiger partial charge in [-0.15, -0.1) is 0 Å². The van der Waals surface area contributed by atoms with Crippen LogP contribution >= 0.6 is 0 Å². The summed E-state index contributed by atoms with van der Waals surface area (Å²) in [5.41, 5.74) is 5.75. The first kappa shape index (κ1) is 15.5. The molecule has 0 aliphatic rings. The van der Waals surface area contributed by atoms with E-state index in [1.165, 1.54) is 34.4 Å². The number of hydrogen-bond donors (Lipinski definition) is 2. The summed E-state index contributed by atoms with van der Waals surface area (Å²) in [4.78, 5) is -0.101. The predicted octanol–water partition coefficient (Wildman–Crippen LogP) is 3.47. The number of benzene rings is 2.